The fraction of sp³-hybridized carbons (Fsp3) is 0.429. The molecule has 0 bridgehead atoms. The van der Waals surface area contributed by atoms with Gasteiger partial charge in [0, 0.05) is 11.3 Å². The lowest BCUT2D eigenvalue weighted by atomic mass is 10.1. The highest BCUT2D eigenvalue weighted by Crippen LogP contribution is 2.34. The van der Waals surface area contributed by atoms with Crippen molar-refractivity contribution in [2.45, 2.75) is 37.9 Å². The molecular weight excluding hydrogens is 243 g/mol. The topological polar surface area (TPSA) is 56.7 Å². The Balaban J connectivity index is 1.79. The second-order valence-corrected chi connectivity index (χ2v) is 5.28. The Morgan fingerprint density at radius 2 is 2.11 bits per heavy atom. The van der Waals surface area contributed by atoms with Gasteiger partial charge in [-0.3, -0.25) is 0 Å². The first-order chi connectivity index (χ1) is 9.15. The zero-order valence-electron chi connectivity index (χ0n) is 10.7. The number of anilines is 1. The minimum atomic E-state index is -1.11. The van der Waals surface area contributed by atoms with Crippen LogP contribution >= 0.6 is 0 Å². The van der Waals surface area contributed by atoms with E-state index in [1.54, 1.807) is 10.9 Å². The number of alkyl halides is 1. The van der Waals surface area contributed by atoms with Crippen LogP contribution in [-0.2, 0) is 6.54 Å². The SMILES string of the molecule is Nc1cccc(-c2cn(CC3(F)CCCC3)nn2)c1. The summed E-state index contributed by atoms with van der Waals surface area (Å²) < 4.78 is 16.0. The maximum Gasteiger partial charge on any atom is 0.130 e. The second kappa shape index (κ2) is 4.64. The number of hydrogen-bond acceptors (Lipinski definition) is 3. The fourth-order valence-corrected chi connectivity index (χ4v) is 2.66. The predicted molar refractivity (Wildman–Crippen MR) is 72.2 cm³/mol. The third-order valence-electron chi connectivity index (χ3n) is 3.67. The zero-order chi connectivity index (χ0) is 13.3. The molecule has 1 aromatic carbocycles. The molecule has 1 aromatic heterocycles. The van der Waals surface area contributed by atoms with Gasteiger partial charge in [0.2, 0.25) is 0 Å². The number of benzene rings is 1. The van der Waals surface area contributed by atoms with Gasteiger partial charge in [-0.1, -0.05) is 30.2 Å². The molecule has 4 nitrogen and oxygen atoms in total. The third kappa shape index (κ3) is 2.59. The van der Waals surface area contributed by atoms with E-state index in [-0.39, 0.29) is 0 Å². The Labute approximate surface area is 111 Å². The molecule has 1 saturated carbocycles. The van der Waals surface area contributed by atoms with Crippen molar-refractivity contribution in [1.82, 2.24) is 15.0 Å². The lowest BCUT2D eigenvalue weighted by Crippen LogP contribution is -2.25. The van der Waals surface area contributed by atoms with Crippen LogP contribution in [0.3, 0.4) is 0 Å². The van der Waals surface area contributed by atoms with Crippen molar-refractivity contribution in [2.24, 2.45) is 0 Å². The molecule has 0 unspecified atom stereocenters. The Hall–Kier alpha value is -1.91. The molecule has 0 atom stereocenters. The average molecular weight is 260 g/mol. The Morgan fingerprint density at radius 3 is 2.84 bits per heavy atom. The molecule has 2 N–H and O–H groups in total. The van der Waals surface area contributed by atoms with Gasteiger partial charge in [0.25, 0.3) is 0 Å². The number of nitrogen functional groups attached to an aromatic ring is 1. The number of nitrogens with zero attached hydrogens (tertiary/aromatic N) is 3. The number of halogens is 1. The molecule has 5 heteroatoms. The van der Waals surface area contributed by atoms with Gasteiger partial charge >= 0.3 is 0 Å². The predicted octanol–water partition coefficient (Wildman–Crippen LogP) is 2.81. The van der Waals surface area contributed by atoms with Gasteiger partial charge in [0.1, 0.15) is 11.4 Å². The Morgan fingerprint density at radius 1 is 1.32 bits per heavy atom. The summed E-state index contributed by atoms with van der Waals surface area (Å²) >= 11 is 0. The van der Waals surface area contributed by atoms with Gasteiger partial charge in [-0.15, -0.1) is 5.10 Å². The summed E-state index contributed by atoms with van der Waals surface area (Å²) in [6.07, 6.45) is 4.97. The molecule has 1 aliphatic carbocycles. The number of aromatic nitrogens is 3. The molecule has 0 aliphatic heterocycles. The highest BCUT2D eigenvalue weighted by Gasteiger charge is 2.34. The first-order valence-electron chi connectivity index (χ1n) is 6.60. The third-order valence-corrected chi connectivity index (χ3v) is 3.67. The van der Waals surface area contributed by atoms with E-state index < -0.39 is 5.67 Å². The van der Waals surface area contributed by atoms with Crippen molar-refractivity contribution in [3.05, 3.63) is 30.5 Å². The quantitative estimate of drug-likeness (QED) is 0.863. The van der Waals surface area contributed by atoms with E-state index in [0.717, 1.165) is 24.1 Å². The van der Waals surface area contributed by atoms with Crippen LogP contribution in [0.25, 0.3) is 11.3 Å². The van der Waals surface area contributed by atoms with Crippen LogP contribution in [0.4, 0.5) is 10.1 Å². The minimum absolute atomic E-state index is 0.294. The van der Waals surface area contributed by atoms with Crippen molar-refractivity contribution < 1.29 is 4.39 Å². The summed E-state index contributed by atoms with van der Waals surface area (Å²) in [4.78, 5) is 0. The standard InChI is InChI=1S/C14H17FN4/c15-14(6-1-2-7-14)10-19-9-13(17-18-19)11-4-3-5-12(16)8-11/h3-5,8-9H,1-2,6-7,10,16H2. The molecular formula is C14H17FN4. The molecule has 100 valence electrons. The highest BCUT2D eigenvalue weighted by atomic mass is 19.1. The van der Waals surface area contributed by atoms with Gasteiger partial charge in [-0.2, -0.15) is 0 Å². The summed E-state index contributed by atoms with van der Waals surface area (Å²) in [5.41, 5.74) is 6.95. The maximum absolute atomic E-state index is 14.4. The summed E-state index contributed by atoms with van der Waals surface area (Å²) in [6, 6.07) is 7.46. The lowest BCUT2D eigenvalue weighted by Gasteiger charge is -2.17. The van der Waals surface area contributed by atoms with Crippen molar-refractivity contribution in [3.63, 3.8) is 0 Å². The molecule has 2 aromatic rings. The van der Waals surface area contributed by atoms with Crippen LogP contribution in [0.15, 0.2) is 30.5 Å². The molecule has 1 fully saturated rings. The highest BCUT2D eigenvalue weighted by molar-refractivity contribution is 5.62. The van der Waals surface area contributed by atoms with Crippen molar-refractivity contribution >= 4 is 5.69 Å². The number of nitrogens with two attached hydrogens (primary N) is 1. The first-order valence-corrected chi connectivity index (χ1v) is 6.60. The Bertz CT molecular complexity index is 572. The van der Waals surface area contributed by atoms with E-state index in [9.17, 15) is 4.39 Å². The van der Waals surface area contributed by atoms with E-state index in [2.05, 4.69) is 10.3 Å². The van der Waals surface area contributed by atoms with Crippen LogP contribution in [0.2, 0.25) is 0 Å². The molecule has 1 aliphatic rings. The minimum Gasteiger partial charge on any atom is -0.399 e. The van der Waals surface area contributed by atoms with Crippen LogP contribution in [-0.4, -0.2) is 20.7 Å². The summed E-state index contributed by atoms with van der Waals surface area (Å²) in [5, 5.41) is 8.11. The average Bonchev–Trinajstić information content (AvgIpc) is 2.99. The number of hydrogen-bond donors (Lipinski definition) is 1. The summed E-state index contributed by atoms with van der Waals surface area (Å²) in [7, 11) is 0. The van der Waals surface area contributed by atoms with Gasteiger partial charge < -0.3 is 5.73 Å². The largest absolute Gasteiger partial charge is 0.399 e. The summed E-state index contributed by atoms with van der Waals surface area (Å²) in [6.45, 7) is 0.294. The van der Waals surface area contributed by atoms with Crippen molar-refractivity contribution in [3.8, 4) is 11.3 Å². The van der Waals surface area contributed by atoms with Gasteiger partial charge in [-0.05, 0) is 25.0 Å². The van der Waals surface area contributed by atoms with E-state index in [1.165, 1.54) is 0 Å². The molecule has 0 spiro atoms. The van der Waals surface area contributed by atoms with E-state index in [4.69, 9.17) is 5.73 Å². The van der Waals surface area contributed by atoms with Crippen LogP contribution < -0.4 is 5.73 Å². The van der Waals surface area contributed by atoms with Gasteiger partial charge in [0.05, 0.1) is 12.7 Å². The molecule has 19 heavy (non-hydrogen) atoms. The molecule has 0 amide bonds. The lowest BCUT2D eigenvalue weighted by molar-refractivity contribution is 0.138. The smallest absolute Gasteiger partial charge is 0.130 e. The normalized spacial score (nSPS) is 17.7. The second-order valence-electron chi connectivity index (χ2n) is 5.28. The zero-order valence-corrected chi connectivity index (χ0v) is 10.7. The Kier molecular flexibility index (Phi) is 2.97. The molecule has 0 saturated heterocycles. The van der Waals surface area contributed by atoms with Gasteiger partial charge in [0.15, 0.2) is 0 Å². The van der Waals surface area contributed by atoms with Crippen molar-refractivity contribution in [1.29, 1.82) is 0 Å². The first kappa shape index (κ1) is 12.1. The number of rotatable bonds is 3. The molecule has 0 radical (unpaired) electrons. The van der Waals surface area contributed by atoms with E-state index >= 15 is 0 Å². The molecule has 1 heterocycles. The van der Waals surface area contributed by atoms with Gasteiger partial charge in [-0.25, -0.2) is 9.07 Å². The van der Waals surface area contributed by atoms with Crippen LogP contribution in [0, 0.1) is 0 Å². The maximum atomic E-state index is 14.4. The van der Waals surface area contributed by atoms with Crippen LogP contribution in [0.1, 0.15) is 25.7 Å². The monoisotopic (exact) mass is 260 g/mol. The fourth-order valence-electron chi connectivity index (χ4n) is 2.66. The molecule has 3 rings (SSSR count). The summed E-state index contributed by atoms with van der Waals surface area (Å²) in [5.74, 6) is 0. The van der Waals surface area contributed by atoms with Crippen LogP contribution in [0.5, 0.6) is 0 Å². The van der Waals surface area contributed by atoms with E-state index in [0.29, 0.717) is 25.1 Å². The van der Waals surface area contributed by atoms with Crippen molar-refractivity contribution in [2.75, 3.05) is 5.73 Å². The van der Waals surface area contributed by atoms with E-state index in [1.807, 2.05) is 24.3 Å².